The summed E-state index contributed by atoms with van der Waals surface area (Å²) in [5.41, 5.74) is 1.27. The minimum absolute atomic E-state index is 0. The van der Waals surface area contributed by atoms with Crippen LogP contribution in [0.4, 0.5) is 10.1 Å². The first kappa shape index (κ1) is 15.9. The first-order valence-electron chi connectivity index (χ1n) is 6.03. The molecule has 0 aromatic heterocycles. The van der Waals surface area contributed by atoms with Gasteiger partial charge in [0.2, 0.25) is 5.91 Å². The molecule has 0 saturated carbocycles. The lowest BCUT2D eigenvalue weighted by Crippen LogP contribution is -2.40. The van der Waals surface area contributed by atoms with Gasteiger partial charge in [0.15, 0.2) is 0 Å². The molecule has 1 fully saturated rings. The Hall–Kier alpha value is -1.17. The van der Waals surface area contributed by atoms with Gasteiger partial charge < -0.3 is 15.4 Å². The number of morpholine rings is 1. The van der Waals surface area contributed by atoms with Crippen molar-refractivity contribution in [3.8, 4) is 0 Å². The average Bonchev–Trinajstić information content (AvgIpc) is 2.28. The summed E-state index contributed by atoms with van der Waals surface area (Å²) in [7, 11) is 0. The number of anilines is 1. The Bertz CT molecular complexity index is 416. The smallest absolute Gasteiger partial charge is 0.227 e. The highest BCUT2D eigenvalue weighted by Crippen LogP contribution is 2.14. The summed E-state index contributed by atoms with van der Waals surface area (Å²) in [6, 6.07) is 4.47. The Balaban J connectivity index is 0.00000180. The number of hydrogen-bond donors (Lipinski definition) is 2. The Morgan fingerprint density at radius 3 is 2.95 bits per heavy atom. The summed E-state index contributed by atoms with van der Waals surface area (Å²) in [5, 5.41) is 5.84. The molecule has 1 unspecified atom stereocenters. The predicted molar refractivity (Wildman–Crippen MR) is 74.2 cm³/mol. The summed E-state index contributed by atoms with van der Waals surface area (Å²) in [5.74, 6) is -0.505. The van der Waals surface area contributed by atoms with E-state index in [-0.39, 0.29) is 36.7 Å². The van der Waals surface area contributed by atoms with Crippen LogP contribution in [0.1, 0.15) is 12.0 Å². The van der Waals surface area contributed by atoms with E-state index in [1.165, 1.54) is 12.1 Å². The van der Waals surface area contributed by atoms with E-state index in [1.807, 2.05) is 0 Å². The van der Waals surface area contributed by atoms with Crippen molar-refractivity contribution >= 4 is 24.0 Å². The van der Waals surface area contributed by atoms with Crippen LogP contribution in [0.25, 0.3) is 0 Å². The maximum absolute atomic E-state index is 13.2. The minimum atomic E-state index is -0.346. The topological polar surface area (TPSA) is 50.4 Å². The fourth-order valence-corrected chi connectivity index (χ4v) is 1.98. The van der Waals surface area contributed by atoms with Crippen LogP contribution in [-0.2, 0) is 9.53 Å². The molecule has 0 aliphatic carbocycles. The molecule has 1 aliphatic heterocycles. The number of benzene rings is 1. The lowest BCUT2D eigenvalue weighted by Gasteiger charge is -2.23. The number of hydrogen-bond acceptors (Lipinski definition) is 3. The van der Waals surface area contributed by atoms with Gasteiger partial charge in [-0.15, -0.1) is 12.4 Å². The first-order valence-corrected chi connectivity index (χ1v) is 6.03. The molecular formula is C13H18ClFN2O2. The highest BCUT2D eigenvalue weighted by Gasteiger charge is 2.17. The Kier molecular flexibility index (Phi) is 6.21. The van der Waals surface area contributed by atoms with E-state index in [0.29, 0.717) is 18.8 Å². The second kappa shape index (κ2) is 7.43. The van der Waals surface area contributed by atoms with E-state index in [2.05, 4.69) is 10.6 Å². The summed E-state index contributed by atoms with van der Waals surface area (Å²) >= 11 is 0. The molecule has 0 bridgehead atoms. The highest BCUT2D eigenvalue weighted by molar-refractivity contribution is 5.91. The monoisotopic (exact) mass is 288 g/mol. The van der Waals surface area contributed by atoms with Crippen molar-refractivity contribution in [2.45, 2.75) is 19.4 Å². The lowest BCUT2D eigenvalue weighted by atomic mass is 10.2. The van der Waals surface area contributed by atoms with Crippen LogP contribution in [0.3, 0.4) is 0 Å². The SMILES string of the molecule is Cc1cc(F)cc(NC(=O)CC2CNCCO2)c1.Cl. The molecule has 1 heterocycles. The normalized spacial score (nSPS) is 18.5. The van der Waals surface area contributed by atoms with E-state index in [9.17, 15) is 9.18 Å². The van der Waals surface area contributed by atoms with Gasteiger partial charge in [-0.3, -0.25) is 4.79 Å². The number of carbonyl (C=O) groups is 1. The van der Waals surface area contributed by atoms with Crippen LogP contribution >= 0.6 is 12.4 Å². The third kappa shape index (κ3) is 5.14. The molecule has 4 nitrogen and oxygen atoms in total. The van der Waals surface area contributed by atoms with Crippen molar-refractivity contribution in [2.24, 2.45) is 0 Å². The van der Waals surface area contributed by atoms with Crippen LogP contribution in [0.15, 0.2) is 18.2 Å². The minimum Gasteiger partial charge on any atom is -0.375 e. The van der Waals surface area contributed by atoms with Crippen LogP contribution in [-0.4, -0.2) is 31.7 Å². The predicted octanol–water partition coefficient (Wildman–Crippen LogP) is 1.87. The number of ether oxygens (including phenoxy) is 1. The summed E-state index contributed by atoms with van der Waals surface area (Å²) in [4.78, 5) is 11.8. The molecule has 6 heteroatoms. The molecule has 1 aromatic rings. The molecule has 2 rings (SSSR count). The molecular weight excluding hydrogens is 271 g/mol. The van der Waals surface area contributed by atoms with Crippen LogP contribution in [0.5, 0.6) is 0 Å². The molecule has 106 valence electrons. The molecule has 19 heavy (non-hydrogen) atoms. The number of nitrogens with one attached hydrogen (secondary N) is 2. The van der Waals surface area contributed by atoms with Gasteiger partial charge in [-0.05, 0) is 30.7 Å². The third-order valence-electron chi connectivity index (χ3n) is 2.74. The fourth-order valence-electron chi connectivity index (χ4n) is 1.98. The molecule has 1 saturated heterocycles. The molecule has 0 radical (unpaired) electrons. The van der Waals surface area contributed by atoms with E-state index >= 15 is 0 Å². The number of rotatable bonds is 3. The van der Waals surface area contributed by atoms with Gasteiger partial charge in [0, 0.05) is 18.8 Å². The zero-order chi connectivity index (χ0) is 13.0. The molecule has 2 N–H and O–H groups in total. The van der Waals surface area contributed by atoms with Crippen LogP contribution in [0.2, 0.25) is 0 Å². The van der Waals surface area contributed by atoms with Crippen molar-refractivity contribution in [1.82, 2.24) is 5.32 Å². The molecule has 1 atom stereocenters. The maximum Gasteiger partial charge on any atom is 0.227 e. The number of amides is 1. The Labute approximate surface area is 118 Å². The largest absolute Gasteiger partial charge is 0.375 e. The van der Waals surface area contributed by atoms with Gasteiger partial charge in [-0.1, -0.05) is 0 Å². The quantitative estimate of drug-likeness (QED) is 0.893. The van der Waals surface area contributed by atoms with Crippen LogP contribution in [0, 0.1) is 12.7 Å². The zero-order valence-electron chi connectivity index (χ0n) is 10.7. The average molecular weight is 289 g/mol. The van der Waals surface area contributed by atoms with E-state index < -0.39 is 0 Å². The molecule has 1 aliphatic rings. The summed E-state index contributed by atoms with van der Waals surface area (Å²) in [6.07, 6.45) is 0.177. The zero-order valence-corrected chi connectivity index (χ0v) is 11.6. The van der Waals surface area contributed by atoms with E-state index in [4.69, 9.17) is 4.74 Å². The van der Waals surface area contributed by atoms with E-state index in [0.717, 1.165) is 12.1 Å². The highest BCUT2D eigenvalue weighted by atomic mass is 35.5. The summed E-state index contributed by atoms with van der Waals surface area (Å²) < 4.78 is 18.6. The number of aryl methyl sites for hydroxylation is 1. The number of halogens is 2. The molecule has 1 amide bonds. The van der Waals surface area contributed by atoms with Crippen molar-refractivity contribution in [3.05, 3.63) is 29.6 Å². The van der Waals surface area contributed by atoms with Crippen molar-refractivity contribution in [3.63, 3.8) is 0 Å². The second-order valence-electron chi connectivity index (χ2n) is 4.47. The van der Waals surface area contributed by atoms with Gasteiger partial charge in [0.25, 0.3) is 0 Å². The van der Waals surface area contributed by atoms with E-state index in [1.54, 1.807) is 13.0 Å². The van der Waals surface area contributed by atoms with Gasteiger partial charge in [-0.2, -0.15) is 0 Å². The first-order chi connectivity index (χ1) is 8.63. The standard InChI is InChI=1S/C13H17FN2O2.ClH/c1-9-4-10(14)6-11(5-9)16-13(17)7-12-8-15-2-3-18-12;/h4-6,12,15H,2-3,7-8H2,1H3,(H,16,17);1H. The Morgan fingerprint density at radius 2 is 2.32 bits per heavy atom. The van der Waals surface area contributed by atoms with Crippen molar-refractivity contribution < 1.29 is 13.9 Å². The summed E-state index contributed by atoms with van der Waals surface area (Å²) in [6.45, 7) is 3.90. The second-order valence-corrected chi connectivity index (χ2v) is 4.47. The maximum atomic E-state index is 13.2. The third-order valence-corrected chi connectivity index (χ3v) is 2.74. The van der Waals surface area contributed by atoms with Gasteiger partial charge >= 0.3 is 0 Å². The fraction of sp³-hybridized carbons (Fsp3) is 0.462. The van der Waals surface area contributed by atoms with Crippen LogP contribution < -0.4 is 10.6 Å². The Morgan fingerprint density at radius 1 is 1.53 bits per heavy atom. The molecule has 1 aromatic carbocycles. The van der Waals surface area contributed by atoms with Crippen molar-refractivity contribution in [1.29, 1.82) is 0 Å². The lowest BCUT2D eigenvalue weighted by molar-refractivity contribution is -0.119. The van der Waals surface area contributed by atoms with Gasteiger partial charge in [0.05, 0.1) is 19.1 Å². The van der Waals surface area contributed by atoms with Gasteiger partial charge in [-0.25, -0.2) is 4.39 Å². The van der Waals surface area contributed by atoms with Gasteiger partial charge in [0.1, 0.15) is 5.82 Å². The van der Waals surface area contributed by atoms with Crippen molar-refractivity contribution in [2.75, 3.05) is 25.0 Å². The molecule has 0 spiro atoms. The number of carbonyl (C=O) groups excluding carboxylic acids is 1.